The maximum atomic E-state index is 5.82. The van der Waals surface area contributed by atoms with Gasteiger partial charge in [0.25, 0.3) is 0 Å². The van der Waals surface area contributed by atoms with Crippen LogP contribution in [0.4, 0.5) is 0 Å². The summed E-state index contributed by atoms with van der Waals surface area (Å²) in [5.74, 6) is 0. The maximum Gasteiger partial charge on any atom is 0.0717 e. The smallest absolute Gasteiger partial charge is 0.0717 e. The third kappa shape index (κ3) is 4.28. The number of ether oxygens (including phenoxy) is 1. The predicted molar refractivity (Wildman–Crippen MR) is 75.4 cm³/mol. The Balaban J connectivity index is 1.73. The van der Waals surface area contributed by atoms with Gasteiger partial charge in [-0.05, 0) is 18.4 Å². The fraction of sp³-hybridized carbons (Fsp3) is 0.500. The Hall–Kier alpha value is -1.12. The summed E-state index contributed by atoms with van der Waals surface area (Å²) in [6.07, 6.45) is 4.64. The number of hydrogen-bond donors (Lipinski definition) is 1. The van der Waals surface area contributed by atoms with E-state index in [1.165, 1.54) is 18.4 Å². The number of hydrogen-bond acceptors (Lipinski definition) is 2. The van der Waals surface area contributed by atoms with Crippen LogP contribution in [0.5, 0.6) is 0 Å². The van der Waals surface area contributed by atoms with Crippen LogP contribution in [0.1, 0.15) is 25.3 Å². The molecule has 0 radical (unpaired) electrons. The van der Waals surface area contributed by atoms with Gasteiger partial charge < -0.3 is 10.1 Å². The van der Waals surface area contributed by atoms with Gasteiger partial charge in [-0.25, -0.2) is 0 Å². The lowest BCUT2D eigenvalue weighted by atomic mass is 9.92. The third-order valence-electron chi connectivity index (χ3n) is 3.41. The Bertz CT molecular complexity index is 372. The first-order valence-electron chi connectivity index (χ1n) is 6.70. The van der Waals surface area contributed by atoms with E-state index in [9.17, 15) is 0 Å². The minimum Gasteiger partial charge on any atom is -0.376 e. The molecule has 1 atom stereocenters. The van der Waals surface area contributed by atoms with Crippen LogP contribution in [0.2, 0.25) is 0 Å². The number of rotatable bonds is 8. The van der Waals surface area contributed by atoms with Crippen molar-refractivity contribution in [1.29, 1.82) is 0 Å². The molecule has 2 rings (SSSR count). The molecule has 18 heavy (non-hydrogen) atoms. The van der Waals surface area contributed by atoms with Gasteiger partial charge in [-0.15, -0.1) is 6.58 Å². The summed E-state index contributed by atoms with van der Waals surface area (Å²) in [5.41, 5.74) is 1.25. The average molecular weight is 245 g/mol. The van der Waals surface area contributed by atoms with Crippen LogP contribution in [-0.4, -0.2) is 19.2 Å². The highest BCUT2D eigenvalue weighted by Crippen LogP contribution is 2.23. The normalized spacial score (nSPS) is 18.3. The van der Waals surface area contributed by atoms with E-state index in [2.05, 4.69) is 31.0 Å². The van der Waals surface area contributed by atoms with Crippen molar-refractivity contribution in [3.8, 4) is 0 Å². The van der Waals surface area contributed by atoms with Crippen molar-refractivity contribution in [2.45, 2.75) is 32.4 Å². The van der Waals surface area contributed by atoms with Crippen LogP contribution >= 0.6 is 0 Å². The zero-order valence-electron chi connectivity index (χ0n) is 11.2. The van der Waals surface area contributed by atoms with Crippen LogP contribution in [0, 0.1) is 5.41 Å². The van der Waals surface area contributed by atoms with Gasteiger partial charge in [0, 0.05) is 18.0 Å². The highest BCUT2D eigenvalue weighted by molar-refractivity contribution is 5.13. The second-order valence-corrected chi connectivity index (χ2v) is 5.49. The molecule has 0 aliphatic heterocycles. The molecule has 1 fully saturated rings. The lowest BCUT2D eigenvalue weighted by molar-refractivity contribution is 0.0641. The molecule has 0 amide bonds. The molecule has 1 aliphatic rings. The van der Waals surface area contributed by atoms with E-state index in [0.717, 1.165) is 12.6 Å². The van der Waals surface area contributed by atoms with E-state index < -0.39 is 0 Å². The minimum absolute atomic E-state index is 0.0252. The van der Waals surface area contributed by atoms with E-state index >= 15 is 0 Å². The number of nitrogens with one attached hydrogen (secondary N) is 1. The van der Waals surface area contributed by atoms with E-state index in [1.807, 2.05) is 24.3 Å². The molecule has 1 saturated carbocycles. The summed E-state index contributed by atoms with van der Waals surface area (Å²) in [4.78, 5) is 0. The van der Waals surface area contributed by atoms with Crippen molar-refractivity contribution in [3.63, 3.8) is 0 Å². The standard InChI is InChI=1S/C16H23NO/c1-3-16(2,12-17-15-9-10-15)13-18-11-14-7-5-4-6-8-14/h3-8,15,17H,1,9-13H2,2H3. The topological polar surface area (TPSA) is 21.3 Å². The first-order chi connectivity index (χ1) is 8.72. The molecular weight excluding hydrogens is 222 g/mol. The van der Waals surface area contributed by atoms with Crippen molar-refractivity contribution in [2.24, 2.45) is 5.41 Å². The molecule has 98 valence electrons. The Labute approximate surface area is 110 Å². The Morgan fingerprint density at radius 1 is 1.39 bits per heavy atom. The molecule has 1 aliphatic carbocycles. The summed E-state index contributed by atoms with van der Waals surface area (Å²) < 4.78 is 5.82. The highest BCUT2D eigenvalue weighted by Gasteiger charge is 2.26. The molecule has 2 heteroatoms. The third-order valence-corrected chi connectivity index (χ3v) is 3.41. The molecule has 1 unspecified atom stereocenters. The van der Waals surface area contributed by atoms with Gasteiger partial charge in [-0.2, -0.15) is 0 Å². The molecule has 2 nitrogen and oxygen atoms in total. The first kappa shape index (κ1) is 13.3. The zero-order valence-corrected chi connectivity index (χ0v) is 11.2. The Morgan fingerprint density at radius 2 is 2.11 bits per heavy atom. The summed E-state index contributed by atoms with van der Waals surface area (Å²) in [6.45, 7) is 8.47. The van der Waals surface area contributed by atoms with E-state index in [1.54, 1.807) is 0 Å². The molecule has 1 N–H and O–H groups in total. The van der Waals surface area contributed by atoms with Crippen molar-refractivity contribution in [1.82, 2.24) is 5.32 Å². The Kier molecular flexibility index (Phi) is 4.56. The van der Waals surface area contributed by atoms with Gasteiger partial charge in [-0.1, -0.05) is 43.3 Å². The molecule has 0 heterocycles. The summed E-state index contributed by atoms with van der Waals surface area (Å²) in [5, 5.41) is 3.55. The average Bonchev–Trinajstić information content (AvgIpc) is 3.22. The lowest BCUT2D eigenvalue weighted by Crippen LogP contribution is -2.35. The van der Waals surface area contributed by atoms with Crippen molar-refractivity contribution in [2.75, 3.05) is 13.2 Å². The van der Waals surface area contributed by atoms with E-state index in [0.29, 0.717) is 13.2 Å². The number of benzene rings is 1. The van der Waals surface area contributed by atoms with Crippen LogP contribution in [0.25, 0.3) is 0 Å². The fourth-order valence-corrected chi connectivity index (χ4v) is 1.82. The van der Waals surface area contributed by atoms with Gasteiger partial charge in [0.15, 0.2) is 0 Å². The van der Waals surface area contributed by atoms with Crippen LogP contribution in [0.3, 0.4) is 0 Å². The molecule has 1 aromatic carbocycles. The minimum atomic E-state index is 0.0252. The molecular formula is C16H23NO. The second-order valence-electron chi connectivity index (χ2n) is 5.49. The molecule has 1 aromatic rings. The quantitative estimate of drug-likeness (QED) is 0.710. The van der Waals surface area contributed by atoms with E-state index in [4.69, 9.17) is 4.74 Å². The van der Waals surface area contributed by atoms with Gasteiger partial charge in [0.2, 0.25) is 0 Å². The van der Waals surface area contributed by atoms with Gasteiger partial charge in [-0.3, -0.25) is 0 Å². The summed E-state index contributed by atoms with van der Waals surface area (Å²) in [6, 6.07) is 11.0. The lowest BCUT2D eigenvalue weighted by Gasteiger charge is -2.26. The monoisotopic (exact) mass is 245 g/mol. The molecule has 0 saturated heterocycles. The zero-order chi connectivity index (χ0) is 12.8. The Morgan fingerprint density at radius 3 is 2.72 bits per heavy atom. The van der Waals surface area contributed by atoms with Crippen LogP contribution in [-0.2, 0) is 11.3 Å². The molecule has 0 bridgehead atoms. The van der Waals surface area contributed by atoms with Crippen LogP contribution in [0.15, 0.2) is 43.0 Å². The highest BCUT2D eigenvalue weighted by atomic mass is 16.5. The van der Waals surface area contributed by atoms with Gasteiger partial charge in [0.1, 0.15) is 0 Å². The summed E-state index contributed by atoms with van der Waals surface area (Å²) >= 11 is 0. The maximum absolute atomic E-state index is 5.82. The summed E-state index contributed by atoms with van der Waals surface area (Å²) in [7, 11) is 0. The second kappa shape index (κ2) is 6.17. The largest absolute Gasteiger partial charge is 0.376 e. The van der Waals surface area contributed by atoms with Crippen molar-refractivity contribution in [3.05, 3.63) is 48.6 Å². The SMILES string of the molecule is C=CC(C)(CNC1CC1)COCc1ccccc1. The predicted octanol–water partition coefficient (Wildman–Crippen LogP) is 3.15. The first-order valence-corrected chi connectivity index (χ1v) is 6.70. The molecule has 0 aromatic heterocycles. The van der Waals surface area contributed by atoms with Crippen molar-refractivity contribution < 1.29 is 4.74 Å². The van der Waals surface area contributed by atoms with Gasteiger partial charge >= 0.3 is 0 Å². The van der Waals surface area contributed by atoms with E-state index in [-0.39, 0.29) is 5.41 Å². The van der Waals surface area contributed by atoms with Crippen molar-refractivity contribution >= 4 is 0 Å². The molecule has 0 spiro atoms. The van der Waals surface area contributed by atoms with Gasteiger partial charge in [0.05, 0.1) is 13.2 Å². The fourth-order valence-electron chi connectivity index (χ4n) is 1.82. The van der Waals surface area contributed by atoms with Crippen LogP contribution < -0.4 is 5.32 Å².